The molecule has 156 valence electrons. The first kappa shape index (κ1) is 25.2. The Bertz CT molecular complexity index is 534. The van der Waals surface area contributed by atoms with Crippen molar-refractivity contribution >= 4 is 29.6 Å². The van der Waals surface area contributed by atoms with Crippen LogP contribution in [0.3, 0.4) is 0 Å². The molecule has 0 aromatic rings. The summed E-state index contributed by atoms with van der Waals surface area (Å²) in [5.41, 5.74) is -0.144. The van der Waals surface area contributed by atoms with E-state index in [-0.39, 0.29) is 11.8 Å². The van der Waals surface area contributed by atoms with E-state index in [2.05, 4.69) is 6.58 Å². The molecule has 0 radical (unpaired) electrons. The lowest BCUT2D eigenvalue weighted by Crippen LogP contribution is -2.35. The minimum absolute atomic E-state index is 0.161. The average Bonchev–Trinajstić information content (AvgIpc) is 2.52. The van der Waals surface area contributed by atoms with Crippen molar-refractivity contribution in [2.75, 3.05) is 20.4 Å². The summed E-state index contributed by atoms with van der Waals surface area (Å²) >= 11 is 6.16. The van der Waals surface area contributed by atoms with Gasteiger partial charge in [0.2, 0.25) is 6.79 Å². The fourth-order valence-electron chi connectivity index (χ4n) is 2.42. The van der Waals surface area contributed by atoms with Crippen molar-refractivity contribution < 1.29 is 28.6 Å². The van der Waals surface area contributed by atoms with Crippen LogP contribution in [-0.4, -0.2) is 54.8 Å². The molecule has 0 heterocycles. The number of nitrogens with zero attached hydrogens (tertiary/aromatic N) is 1. The van der Waals surface area contributed by atoms with Gasteiger partial charge in [-0.25, -0.2) is 4.79 Å². The van der Waals surface area contributed by atoms with E-state index in [0.717, 1.165) is 12.0 Å². The fraction of sp³-hybridized carbons (Fsp3) is 0.737. The largest absolute Gasteiger partial charge is 0.462 e. The van der Waals surface area contributed by atoms with Gasteiger partial charge in [-0.3, -0.25) is 9.59 Å². The van der Waals surface area contributed by atoms with Crippen molar-refractivity contribution in [3.63, 3.8) is 0 Å². The number of hydrogen-bond donors (Lipinski definition) is 0. The molecule has 0 spiro atoms. The van der Waals surface area contributed by atoms with E-state index in [1.165, 1.54) is 11.8 Å². The summed E-state index contributed by atoms with van der Waals surface area (Å²) in [5, 5.41) is -0.161. The quantitative estimate of drug-likeness (QED) is 0.224. The van der Waals surface area contributed by atoms with E-state index in [1.54, 1.807) is 27.8 Å². The lowest BCUT2D eigenvalue weighted by molar-refractivity contribution is -0.167. The highest BCUT2D eigenvalue weighted by atomic mass is 35.5. The normalized spacial score (nSPS) is 13.3. The van der Waals surface area contributed by atoms with Crippen LogP contribution in [0.5, 0.6) is 0 Å². The number of halogens is 1. The SMILES string of the molecule is C=C(C)CN(C)C(=O)OCOC(=O)C(C)(C)CC(CC(Cl)CC)OC(C)=O. The summed E-state index contributed by atoms with van der Waals surface area (Å²) in [6, 6.07) is 0. The molecule has 0 saturated heterocycles. The van der Waals surface area contributed by atoms with Crippen molar-refractivity contribution in [2.24, 2.45) is 5.41 Å². The number of alkyl halides is 1. The molecule has 0 saturated carbocycles. The molecule has 0 aromatic carbocycles. The van der Waals surface area contributed by atoms with Crippen LogP contribution in [0.25, 0.3) is 0 Å². The van der Waals surface area contributed by atoms with Gasteiger partial charge in [0.25, 0.3) is 0 Å². The zero-order valence-electron chi connectivity index (χ0n) is 17.2. The van der Waals surface area contributed by atoms with Gasteiger partial charge in [-0.1, -0.05) is 19.1 Å². The maximum absolute atomic E-state index is 12.4. The minimum atomic E-state index is -0.944. The molecule has 1 amide bonds. The lowest BCUT2D eigenvalue weighted by atomic mass is 9.85. The summed E-state index contributed by atoms with van der Waals surface area (Å²) in [4.78, 5) is 36.8. The van der Waals surface area contributed by atoms with Crippen LogP contribution in [0, 0.1) is 5.41 Å². The topological polar surface area (TPSA) is 82.1 Å². The molecule has 0 aliphatic heterocycles. The van der Waals surface area contributed by atoms with E-state index in [4.69, 9.17) is 25.8 Å². The van der Waals surface area contributed by atoms with Crippen molar-refractivity contribution in [3.05, 3.63) is 12.2 Å². The Hall–Kier alpha value is -1.76. The van der Waals surface area contributed by atoms with Crippen molar-refractivity contribution in [2.45, 2.75) is 65.4 Å². The molecule has 0 rings (SSSR count). The minimum Gasteiger partial charge on any atom is -0.462 e. The number of carbonyl (C=O) groups excluding carboxylic acids is 3. The third-order valence-electron chi connectivity index (χ3n) is 3.78. The number of amides is 1. The summed E-state index contributed by atoms with van der Waals surface area (Å²) in [5.74, 6) is -0.990. The zero-order valence-corrected chi connectivity index (χ0v) is 17.9. The molecule has 0 bridgehead atoms. The first-order valence-corrected chi connectivity index (χ1v) is 9.33. The van der Waals surface area contributed by atoms with Crippen LogP contribution in [0.1, 0.15) is 53.9 Å². The van der Waals surface area contributed by atoms with Gasteiger partial charge in [0.1, 0.15) is 6.10 Å². The molecule has 8 heteroatoms. The van der Waals surface area contributed by atoms with Crippen molar-refractivity contribution in [3.8, 4) is 0 Å². The summed E-state index contributed by atoms with van der Waals surface area (Å²) in [7, 11) is 1.56. The molecule has 27 heavy (non-hydrogen) atoms. The van der Waals surface area contributed by atoms with E-state index in [1.807, 2.05) is 6.92 Å². The van der Waals surface area contributed by atoms with Gasteiger partial charge in [-0.15, -0.1) is 11.6 Å². The second kappa shape index (κ2) is 11.8. The van der Waals surface area contributed by atoms with Gasteiger partial charge in [0.05, 0.1) is 5.41 Å². The number of rotatable bonds is 11. The van der Waals surface area contributed by atoms with Crippen LogP contribution in [0.2, 0.25) is 0 Å². The Morgan fingerprint density at radius 2 is 1.78 bits per heavy atom. The molecule has 2 unspecified atom stereocenters. The van der Waals surface area contributed by atoms with Gasteiger partial charge < -0.3 is 19.1 Å². The third kappa shape index (κ3) is 10.9. The first-order chi connectivity index (χ1) is 12.4. The number of carbonyl (C=O) groups is 3. The highest BCUT2D eigenvalue weighted by Gasteiger charge is 2.34. The van der Waals surface area contributed by atoms with Crippen molar-refractivity contribution in [1.29, 1.82) is 0 Å². The Morgan fingerprint density at radius 1 is 1.19 bits per heavy atom. The van der Waals surface area contributed by atoms with E-state index < -0.39 is 36.3 Å². The Balaban J connectivity index is 4.64. The van der Waals surface area contributed by atoms with Gasteiger partial charge in [-0.05, 0) is 33.6 Å². The molecule has 0 aliphatic carbocycles. The second-order valence-electron chi connectivity index (χ2n) is 7.33. The molecule has 2 atom stereocenters. The molecule has 0 aliphatic rings. The predicted octanol–water partition coefficient (Wildman–Crippen LogP) is 3.89. The summed E-state index contributed by atoms with van der Waals surface area (Å²) < 4.78 is 15.3. The number of ether oxygens (including phenoxy) is 3. The molecule has 0 N–H and O–H groups in total. The molecule has 7 nitrogen and oxygen atoms in total. The van der Waals surface area contributed by atoms with Gasteiger partial charge in [-0.2, -0.15) is 0 Å². The maximum atomic E-state index is 12.4. The van der Waals surface area contributed by atoms with E-state index in [9.17, 15) is 14.4 Å². The second-order valence-corrected chi connectivity index (χ2v) is 7.95. The maximum Gasteiger partial charge on any atom is 0.412 e. The van der Waals surface area contributed by atoms with E-state index in [0.29, 0.717) is 13.0 Å². The van der Waals surface area contributed by atoms with Crippen molar-refractivity contribution in [1.82, 2.24) is 4.90 Å². The third-order valence-corrected chi connectivity index (χ3v) is 4.26. The number of hydrogen-bond acceptors (Lipinski definition) is 6. The average molecular weight is 406 g/mol. The monoisotopic (exact) mass is 405 g/mol. The Morgan fingerprint density at radius 3 is 2.26 bits per heavy atom. The number of likely N-dealkylation sites (N-methyl/N-ethyl adjacent to an activating group) is 1. The molecular weight excluding hydrogens is 374 g/mol. The zero-order chi connectivity index (χ0) is 21.2. The fourth-order valence-corrected chi connectivity index (χ4v) is 2.62. The smallest absolute Gasteiger partial charge is 0.412 e. The van der Waals surface area contributed by atoms with Gasteiger partial charge in [0.15, 0.2) is 0 Å². The lowest BCUT2D eigenvalue weighted by Gasteiger charge is -2.28. The van der Waals surface area contributed by atoms with Crippen LogP contribution < -0.4 is 0 Å². The van der Waals surface area contributed by atoms with Crippen LogP contribution in [-0.2, 0) is 23.8 Å². The molecule has 0 aromatic heterocycles. The Kier molecular flexibility index (Phi) is 11.1. The van der Waals surface area contributed by atoms with Crippen LogP contribution >= 0.6 is 11.6 Å². The predicted molar refractivity (Wildman–Crippen MR) is 103 cm³/mol. The van der Waals surface area contributed by atoms with E-state index >= 15 is 0 Å². The standard InChI is InChI=1S/C19H32ClNO6/c1-8-15(20)9-16(27-14(4)22)10-19(5,6)17(23)25-12-26-18(24)21(7)11-13(2)3/h15-16H,2,8-12H2,1,3-7H3. The number of esters is 2. The molecular formula is C19H32ClNO6. The van der Waals surface area contributed by atoms with Crippen LogP contribution in [0.4, 0.5) is 4.79 Å². The Labute approximate surface area is 167 Å². The van der Waals surface area contributed by atoms with Crippen LogP contribution in [0.15, 0.2) is 12.2 Å². The van der Waals surface area contributed by atoms with Gasteiger partial charge >= 0.3 is 18.0 Å². The van der Waals surface area contributed by atoms with Gasteiger partial charge in [0, 0.05) is 32.3 Å². The molecule has 0 fully saturated rings. The highest BCUT2D eigenvalue weighted by molar-refractivity contribution is 6.20. The summed E-state index contributed by atoms with van der Waals surface area (Å²) in [6.07, 6.45) is 0.288. The highest BCUT2D eigenvalue weighted by Crippen LogP contribution is 2.29. The summed E-state index contributed by atoms with van der Waals surface area (Å²) in [6.45, 7) is 12.0. The first-order valence-electron chi connectivity index (χ1n) is 8.89.